The first-order valence-corrected chi connectivity index (χ1v) is 8.89. The van der Waals surface area contributed by atoms with Crippen LogP contribution in [0.1, 0.15) is 12.8 Å². The summed E-state index contributed by atoms with van der Waals surface area (Å²) in [5.74, 6) is -1.66. The standard InChI is InChI=1S/C20H23F2N3O/c21-16-8-9-19(18(22)15-16)23-20(26)7-4-10-24-11-13-25(14-12-24)17-5-2-1-3-6-17/h1-3,5-6,8-9,15H,4,7,10-14H2,(H,23,26). The van der Waals surface area contributed by atoms with Gasteiger partial charge in [-0.1, -0.05) is 18.2 Å². The van der Waals surface area contributed by atoms with Gasteiger partial charge in [-0.15, -0.1) is 0 Å². The van der Waals surface area contributed by atoms with Crippen LogP contribution >= 0.6 is 0 Å². The minimum atomic E-state index is -0.754. The minimum Gasteiger partial charge on any atom is -0.369 e. The lowest BCUT2D eigenvalue weighted by Gasteiger charge is -2.36. The van der Waals surface area contributed by atoms with Crippen LogP contribution in [0.5, 0.6) is 0 Å². The number of carbonyl (C=O) groups excluding carboxylic acids is 1. The number of piperazine rings is 1. The van der Waals surface area contributed by atoms with Crippen LogP contribution in [0.15, 0.2) is 48.5 Å². The number of carbonyl (C=O) groups is 1. The van der Waals surface area contributed by atoms with Crippen molar-refractivity contribution in [3.63, 3.8) is 0 Å². The lowest BCUT2D eigenvalue weighted by molar-refractivity contribution is -0.116. The summed E-state index contributed by atoms with van der Waals surface area (Å²) in [5.41, 5.74) is 1.26. The van der Waals surface area contributed by atoms with Crippen LogP contribution in [-0.2, 0) is 4.79 Å². The second-order valence-electron chi connectivity index (χ2n) is 6.44. The molecule has 138 valence electrons. The van der Waals surface area contributed by atoms with Gasteiger partial charge in [0.25, 0.3) is 0 Å². The van der Waals surface area contributed by atoms with Crippen LogP contribution < -0.4 is 10.2 Å². The molecular formula is C20H23F2N3O. The van der Waals surface area contributed by atoms with E-state index in [1.807, 2.05) is 18.2 Å². The number of halogens is 2. The Kier molecular flexibility index (Phi) is 6.17. The van der Waals surface area contributed by atoms with E-state index in [1.54, 1.807) is 0 Å². The number of hydrogen-bond acceptors (Lipinski definition) is 3. The number of anilines is 2. The first-order chi connectivity index (χ1) is 12.6. The maximum Gasteiger partial charge on any atom is 0.224 e. The lowest BCUT2D eigenvalue weighted by atomic mass is 10.2. The van der Waals surface area contributed by atoms with Gasteiger partial charge < -0.3 is 10.2 Å². The van der Waals surface area contributed by atoms with E-state index in [0.717, 1.165) is 44.9 Å². The van der Waals surface area contributed by atoms with E-state index < -0.39 is 11.6 Å². The summed E-state index contributed by atoms with van der Waals surface area (Å²) in [6.07, 6.45) is 1.02. The number of hydrogen-bond donors (Lipinski definition) is 1. The van der Waals surface area contributed by atoms with E-state index in [4.69, 9.17) is 0 Å². The Labute approximate surface area is 152 Å². The Morgan fingerprint density at radius 1 is 1.00 bits per heavy atom. The van der Waals surface area contributed by atoms with Crippen molar-refractivity contribution in [3.8, 4) is 0 Å². The first-order valence-electron chi connectivity index (χ1n) is 8.89. The van der Waals surface area contributed by atoms with Crippen molar-refractivity contribution in [2.75, 3.05) is 42.9 Å². The van der Waals surface area contributed by atoms with Crippen LogP contribution in [0.3, 0.4) is 0 Å². The van der Waals surface area contributed by atoms with Crippen molar-refractivity contribution < 1.29 is 13.6 Å². The predicted octanol–water partition coefficient (Wildman–Crippen LogP) is 3.51. The zero-order valence-electron chi connectivity index (χ0n) is 14.6. The van der Waals surface area contributed by atoms with Gasteiger partial charge in [-0.05, 0) is 37.2 Å². The number of nitrogens with one attached hydrogen (secondary N) is 1. The Morgan fingerprint density at radius 3 is 2.42 bits per heavy atom. The highest BCUT2D eigenvalue weighted by Gasteiger charge is 2.17. The number of para-hydroxylation sites is 1. The van der Waals surface area contributed by atoms with Crippen molar-refractivity contribution in [2.24, 2.45) is 0 Å². The molecule has 0 aromatic heterocycles. The summed E-state index contributed by atoms with van der Waals surface area (Å²) in [6.45, 7) is 4.70. The average Bonchev–Trinajstić information content (AvgIpc) is 2.65. The van der Waals surface area contributed by atoms with Crippen molar-refractivity contribution in [2.45, 2.75) is 12.8 Å². The second kappa shape index (κ2) is 8.76. The van der Waals surface area contributed by atoms with Gasteiger partial charge in [0, 0.05) is 44.4 Å². The fourth-order valence-corrected chi connectivity index (χ4v) is 3.14. The zero-order valence-corrected chi connectivity index (χ0v) is 14.6. The van der Waals surface area contributed by atoms with E-state index in [0.29, 0.717) is 12.8 Å². The monoisotopic (exact) mass is 359 g/mol. The molecule has 4 nitrogen and oxygen atoms in total. The number of rotatable bonds is 6. The molecular weight excluding hydrogens is 336 g/mol. The fraction of sp³-hybridized carbons (Fsp3) is 0.350. The molecule has 1 aliphatic rings. The molecule has 2 aromatic carbocycles. The Balaban J connectivity index is 1.37. The summed E-state index contributed by atoms with van der Waals surface area (Å²) in [7, 11) is 0. The SMILES string of the molecule is O=C(CCCN1CCN(c2ccccc2)CC1)Nc1ccc(F)cc1F. The van der Waals surface area contributed by atoms with Gasteiger partial charge in [0.15, 0.2) is 0 Å². The Hall–Kier alpha value is -2.47. The summed E-state index contributed by atoms with van der Waals surface area (Å²) in [5, 5.41) is 2.50. The molecule has 6 heteroatoms. The van der Waals surface area contributed by atoms with Crippen molar-refractivity contribution in [1.82, 2.24) is 4.90 Å². The minimum absolute atomic E-state index is 0.0212. The quantitative estimate of drug-likeness (QED) is 0.857. The molecule has 1 N–H and O–H groups in total. The lowest BCUT2D eigenvalue weighted by Crippen LogP contribution is -2.46. The smallest absolute Gasteiger partial charge is 0.224 e. The van der Waals surface area contributed by atoms with E-state index in [-0.39, 0.29) is 11.6 Å². The molecule has 0 bridgehead atoms. The third-order valence-corrected chi connectivity index (χ3v) is 4.58. The average molecular weight is 359 g/mol. The van der Waals surface area contributed by atoms with Gasteiger partial charge >= 0.3 is 0 Å². The molecule has 0 aliphatic carbocycles. The molecule has 1 amide bonds. The van der Waals surface area contributed by atoms with Crippen LogP contribution in [-0.4, -0.2) is 43.5 Å². The molecule has 0 saturated carbocycles. The van der Waals surface area contributed by atoms with Gasteiger partial charge in [0.1, 0.15) is 11.6 Å². The highest BCUT2D eigenvalue weighted by atomic mass is 19.1. The van der Waals surface area contributed by atoms with Crippen molar-refractivity contribution in [1.29, 1.82) is 0 Å². The second-order valence-corrected chi connectivity index (χ2v) is 6.44. The van der Waals surface area contributed by atoms with Gasteiger partial charge in [0.2, 0.25) is 5.91 Å². The molecule has 1 fully saturated rings. The van der Waals surface area contributed by atoms with Crippen LogP contribution in [0.2, 0.25) is 0 Å². The topological polar surface area (TPSA) is 35.6 Å². The maximum atomic E-state index is 13.5. The molecule has 0 unspecified atom stereocenters. The fourth-order valence-electron chi connectivity index (χ4n) is 3.14. The van der Waals surface area contributed by atoms with Gasteiger partial charge in [-0.3, -0.25) is 9.69 Å². The summed E-state index contributed by atoms with van der Waals surface area (Å²) < 4.78 is 26.4. The Bertz CT molecular complexity index is 731. The van der Waals surface area contributed by atoms with Crippen LogP contribution in [0, 0.1) is 11.6 Å². The van der Waals surface area contributed by atoms with Crippen LogP contribution in [0.4, 0.5) is 20.2 Å². The molecule has 1 aliphatic heterocycles. The molecule has 0 spiro atoms. The molecule has 3 rings (SSSR count). The van der Waals surface area contributed by atoms with E-state index >= 15 is 0 Å². The summed E-state index contributed by atoms with van der Waals surface area (Å²) >= 11 is 0. The third-order valence-electron chi connectivity index (χ3n) is 4.58. The Morgan fingerprint density at radius 2 is 1.73 bits per heavy atom. The highest BCUT2D eigenvalue weighted by molar-refractivity contribution is 5.90. The third kappa shape index (κ3) is 5.02. The molecule has 2 aromatic rings. The summed E-state index contributed by atoms with van der Waals surface area (Å²) in [6, 6.07) is 13.5. The van der Waals surface area contributed by atoms with Crippen molar-refractivity contribution in [3.05, 3.63) is 60.2 Å². The first kappa shape index (κ1) is 18.3. The van der Waals surface area contributed by atoms with Gasteiger partial charge in [-0.25, -0.2) is 8.78 Å². The number of amides is 1. The zero-order chi connectivity index (χ0) is 18.4. The molecule has 1 heterocycles. The van der Waals surface area contributed by atoms with Crippen molar-refractivity contribution >= 4 is 17.3 Å². The predicted molar refractivity (Wildman–Crippen MR) is 99.3 cm³/mol. The summed E-state index contributed by atoms with van der Waals surface area (Å²) in [4.78, 5) is 16.6. The van der Waals surface area contributed by atoms with E-state index in [9.17, 15) is 13.6 Å². The number of benzene rings is 2. The van der Waals surface area contributed by atoms with Gasteiger partial charge in [-0.2, -0.15) is 0 Å². The van der Waals surface area contributed by atoms with E-state index in [2.05, 4.69) is 27.2 Å². The number of nitrogens with zero attached hydrogens (tertiary/aromatic N) is 2. The molecule has 1 saturated heterocycles. The molecule has 26 heavy (non-hydrogen) atoms. The maximum absolute atomic E-state index is 13.5. The highest BCUT2D eigenvalue weighted by Crippen LogP contribution is 2.17. The normalized spacial score (nSPS) is 15.1. The largest absolute Gasteiger partial charge is 0.369 e. The molecule has 0 radical (unpaired) electrons. The molecule has 0 atom stereocenters. The van der Waals surface area contributed by atoms with Gasteiger partial charge in [0.05, 0.1) is 5.69 Å². The van der Waals surface area contributed by atoms with E-state index in [1.165, 1.54) is 11.8 Å². The van der Waals surface area contributed by atoms with Crippen LogP contribution in [0.25, 0.3) is 0 Å².